The van der Waals surface area contributed by atoms with Crippen molar-refractivity contribution in [3.05, 3.63) is 0 Å². The van der Waals surface area contributed by atoms with Crippen LogP contribution in [0.5, 0.6) is 0 Å². The summed E-state index contributed by atoms with van der Waals surface area (Å²) in [5.41, 5.74) is -2.36. The van der Waals surface area contributed by atoms with Crippen molar-refractivity contribution in [1.82, 2.24) is 0 Å². The molecule has 4 fully saturated rings. The van der Waals surface area contributed by atoms with Crippen molar-refractivity contribution in [2.24, 2.45) is 34.5 Å². The van der Waals surface area contributed by atoms with Gasteiger partial charge >= 0.3 is 17.9 Å². The molecule has 0 bridgehead atoms. The van der Waals surface area contributed by atoms with Crippen molar-refractivity contribution < 1.29 is 33.7 Å². The Morgan fingerprint density at radius 1 is 0.909 bits per heavy atom. The van der Waals surface area contributed by atoms with Gasteiger partial charge in [-0.15, -0.1) is 0 Å². The van der Waals surface area contributed by atoms with Crippen LogP contribution >= 0.6 is 0 Å². The van der Waals surface area contributed by atoms with Gasteiger partial charge in [-0.1, -0.05) is 6.92 Å². The van der Waals surface area contributed by atoms with Crippen molar-refractivity contribution in [1.29, 1.82) is 0 Å². The zero-order valence-corrected chi connectivity index (χ0v) is 20.6. The number of ether oxygens (including phenoxy) is 3. The second kappa shape index (κ2) is 8.86. The fourth-order valence-electron chi connectivity index (χ4n) is 8.51. The van der Waals surface area contributed by atoms with E-state index in [0.717, 1.165) is 32.1 Å². The molecule has 0 spiro atoms. The Balaban J connectivity index is 1.66. The SMILES string of the molecule is CCOC(=O)[C@@H]1CC[C@@H]2[C@@H]3CC[C@]4(O)C[C@H](OC(C)=O)CC[C@]4(C(=O)OCC)[C@H]3CC[C@@]21C. The van der Waals surface area contributed by atoms with Gasteiger partial charge in [-0.2, -0.15) is 0 Å². The van der Waals surface area contributed by atoms with Crippen LogP contribution in [0.3, 0.4) is 0 Å². The van der Waals surface area contributed by atoms with Crippen molar-refractivity contribution in [2.75, 3.05) is 13.2 Å². The van der Waals surface area contributed by atoms with Gasteiger partial charge in [0.05, 0.1) is 30.1 Å². The highest BCUT2D eigenvalue weighted by molar-refractivity contribution is 5.80. The standard InChI is InChI=1S/C26H40O7/c1-5-31-22(28)21-8-7-19-18-10-13-25(30)15-17(33-16(3)27)9-14-26(25,23(29)32-6-2)20(18)11-12-24(19,21)4/h17-21,30H,5-15H2,1-4H3/t17-,18+,19-,20+,21+,24+,25+,26-/m1/s1. The van der Waals surface area contributed by atoms with E-state index in [1.54, 1.807) is 6.92 Å². The molecule has 0 saturated heterocycles. The van der Waals surface area contributed by atoms with Crippen LogP contribution in [-0.2, 0) is 28.6 Å². The highest BCUT2D eigenvalue weighted by Gasteiger charge is 2.70. The first kappa shape index (κ1) is 24.5. The first-order chi connectivity index (χ1) is 15.6. The van der Waals surface area contributed by atoms with Crippen LogP contribution in [0.25, 0.3) is 0 Å². The van der Waals surface area contributed by atoms with Crippen molar-refractivity contribution in [3.63, 3.8) is 0 Å². The number of hydrogen-bond acceptors (Lipinski definition) is 7. The Hall–Kier alpha value is -1.63. The summed E-state index contributed by atoms with van der Waals surface area (Å²) in [5, 5.41) is 12.0. The van der Waals surface area contributed by atoms with Crippen LogP contribution in [0.15, 0.2) is 0 Å². The van der Waals surface area contributed by atoms with Gasteiger partial charge in [0.25, 0.3) is 0 Å². The van der Waals surface area contributed by atoms with Gasteiger partial charge in [-0.25, -0.2) is 0 Å². The summed E-state index contributed by atoms with van der Waals surface area (Å²) < 4.78 is 16.5. The monoisotopic (exact) mass is 464 g/mol. The van der Waals surface area contributed by atoms with Crippen LogP contribution in [0.2, 0.25) is 0 Å². The molecule has 0 aromatic rings. The summed E-state index contributed by atoms with van der Waals surface area (Å²) >= 11 is 0. The molecular formula is C26H40O7. The summed E-state index contributed by atoms with van der Waals surface area (Å²) in [6.45, 7) is 7.93. The molecule has 7 nitrogen and oxygen atoms in total. The molecule has 33 heavy (non-hydrogen) atoms. The molecule has 4 rings (SSSR count). The predicted octanol–water partition coefficient (Wildman–Crippen LogP) is 3.80. The zero-order valence-electron chi connectivity index (χ0n) is 20.6. The number of carbonyl (C=O) groups excluding carboxylic acids is 3. The van der Waals surface area contributed by atoms with Gasteiger partial charge in [0.15, 0.2) is 0 Å². The Labute approximate surface area is 196 Å². The number of aliphatic hydroxyl groups is 1. The third kappa shape index (κ3) is 3.69. The topological polar surface area (TPSA) is 99.1 Å². The van der Waals surface area contributed by atoms with Crippen LogP contribution in [0.4, 0.5) is 0 Å². The first-order valence-corrected chi connectivity index (χ1v) is 12.9. The molecule has 1 N–H and O–H groups in total. The van der Waals surface area contributed by atoms with E-state index in [9.17, 15) is 19.5 Å². The van der Waals surface area contributed by atoms with E-state index in [1.807, 2.05) is 6.92 Å². The lowest BCUT2D eigenvalue weighted by Gasteiger charge is -2.63. The third-order valence-corrected chi connectivity index (χ3v) is 9.76. The van der Waals surface area contributed by atoms with Gasteiger partial charge in [0.2, 0.25) is 0 Å². The molecule has 0 aliphatic heterocycles. The molecule has 0 aromatic carbocycles. The molecule has 186 valence electrons. The molecule has 0 heterocycles. The van der Waals surface area contributed by atoms with Gasteiger partial charge < -0.3 is 19.3 Å². The second-order valence-electron chi connectivity index (χ2n) is 11.0. The minimum absolute atomic E-state index is 0.00704. The van der Waals surface area contributed by atoms with Crippen LogP contribution < -0.4 is 0 Å². The highest BCUT2D eigenvalue weighted by atomic mass is 16.5. The molecule has 4 aliphatic carbocycles. The van der Waals surface area contributed by atoms with E-state index in [2.05, 4.69) is 6.92 Å². The lowest BCUT2D eigenvalue weighted by molar-refractivity contribution is -0.240. The van der Waals surface area contributed by atoms with Crippen molar-refractivity contribution in [3.8, 4) is 0 Å². The van der Waals surface area contributed by atoms with E-state index in [1.165, 1.54) is 6.92 Å². The number of fused-ring (bicyclic) bond motifs is 5. The van der Waals surface area contributed by atoms with Crippen LogP contribution in [0, 0.1) is 34.5 Å². The van der Waals surface area contributed by atoms with Gasteiger partial charge in [-0.3, -0.25) is 14.4 Å². The molecule has 0 unspecified atom stereocenters. The number of hydrogen-bond donors (Lipinski definition) is 1. The second-order valence-corrected chi connectivity index (χ2v) is 11.0. The van der Waals surface area contributed by atoms with Crippen molar-refractivity contribution in [2.45, 2.75) is 97.2 Å². The predicted molar refractivity (Wildman–Crippen MR) is 120 cm³/mol. The summed E-state index contributed by atoms with van der Waals surface area (Å²) in [7, 11) is 0. The lowest BCUT2D eigenvalue weighted by atomic mass is 9.42. The summed E-state index contributed by atoms with van der Waals surface area (Å²) in [6, 6.07) is 0. The zero-order chi connectivity index (χ0) is 24.0. The number of rotatable bonds is 5. The maximum atomic E-state index is 13.6. The lowest BCUT2D eigenvalue weighted by Crippen LogP contribution is -2.67. The third-order valence-electron chi connectivity index (χ3n) is 9.76. The normalized spacial score (nSPS) is 44.1. The van der Waals surface area contributed by atoms with E-state index < -0.39 is 11.0 Å². The highest BCUT2D eigenvalue weighted by Crippen LogP contribution is 2.69. The largest absolute Gasteiger partial charge is 0.466 e. The summed E-state index contributed by atoms with van der Waals surface area (Å²) in [4.78, 5) is 37.9. The van der Waals surface area contributed by atoms with E-state index >= 15 is 0 Å². The number of esters is 3. The van der Waals surface area contributed by atoms with E-state index in [-0.39, 0.29) is 60.2 Å². The van der Waals surface area contributed by atoms with E-state index in [0.29, 0.717) is 31.8 Å². The quantitative estimate of drug-likeness (QED) is 0.488. The first-order valence-electron chi connectivity index (χ1n) is 12.9. The molecule has 8 atom stereocenters. The molecule has 0 aromatic heterocycles. The Morgan fingerprint density at radius 2 is 1.64 bits per heavy atom. The fraction of sp³-hybridized carbons (Fsp3) is 0.885. The van der Waals surface area contributed by atoms with Crippen LogP contribution in [-0.4, -0.2) is 47.9 Å². The van der Waals surface area contributed by atoms with Gasteiger partial charge in [0, 0.05) is 13.3 Å². The molecule has 0 radical (unpaired) electrons. The van der Waals surface area contributed by atoms with Gasteiger partial charge in [-0.05, 0) is 88.4 Å². The van der Waals surface area contributed by atoms with Crippen LogP contribution in [0.1, 0.15) is 85.5 Å². The maximum absolute atomic E-state index is 13.6. The Bertz CT molecular complexity index is 796. The number of carbonyl (C=O) groups is 3. The van der Waals surface area contributed by atoms with Crippen molar-refractivity contribution >= 4 is 17.9 Å². The minimum atomic E-state index is -1.24. The average molecular weight is 465 g/mol. The fourth-order valence-corrected chi connectivity index (χ4v) is 8.51. The molecule has 0 amide bonds. The molecule has 7 heteroatoms. The molecular weight excluding hydrogens is 424 g/mol. The maximum Gasteiger partial charge on any atom is 0.315 e. The van der Waals surface area contributed by atoms with Gasteiger partial charge in [0.1, 0.15) is 6.10 Å². The molecule has 4 saturated carbocycles. The Morgan fingerprint density at radius 3 is 2.30 bits per heavy atom. The Kier molecular flexibility index (Phi) is 6.58. The smallest absolute Gasteiger partial charge is 0.315 e. The van der Waals surface area contributed by atoms with E-state index in [4.69, 9.17) is 14.2 Å². The molecule has 4 aliphatic rings. The summed E-state index contributed by atoms with van der Waals surface area (Å²) in [6.07, 6.45) is 5.63. The average Bonchev–Trinajstić information content (AvgIpc) is 3.10. The summed E-state index contributed by atoms with van der Waals surface area (Å²) in [5.74, 6) is -0.242. The minimum Gasteiger partial charge on any atom is -0.466 e.